The van der Waals surface area contributed by atoms with Gasteiger partial charge in [-0.3, -0.25) is 4.79 Å². The molecule has 0 radical (unpaired) electrons. The van der Waals surface area contributed by atoms with Gasteiger partial charge in [-0.15, -0.1) is 12.4 Å². The first-order chi connectivity index (χ1) is 12.2. The van der Waals surface area contributed by atoms with Crippen LogP contribution in [0.4, 0.5) is 0 Å². The number of carbonyl (C=O) groups is 1. The van der Waals surface area contributed by atoms with Crippen molar-refractivity contribution >= 4 is 18.3 Å². The normalized spacial score (nSPS) is 20.0. The highest BCUT2D eigenvalue weighted by molar-refractivity contribution is 5.85. The standard InChI is InChI=1S/C19H28N2O4.ClH/c1-23-14-10-15(24-2)12-16(11-14)25-9-3-6-21-18(22)17-13-19(17)4-7-20-8-5-19;/h10-12,17,20H,3-9,13H2,1-2H3,(H,21,22);1H. The zero-order valence-electron chi connectivity index (χ0n) is 15.5. The molecule has 1 aromatic carbocycles. The van der Waals surface area contributed by atoms with Crippen LogP contribution >= 0.6 is 12.4 Å². The molecule has 146 valence electrons. The molecule has 1 heterocycles. The van der Waals surface area contributed by atoms with Crippen molar-refractivity contribution in [2.75, 3.05) is 40.5 Å². The molecule has 26 heavy (non-hydrogen) atoms. The molecule has 1 aliphatic carbocycles. The molecule has 2 N–H and O–H groups in total. The van der Waals surface area contributed by atoms with Gasteiger partial charge in [-0.2, -0.15) is 0 Å². The van der Waals surface area contributed by atoms with E-state index >= 15 is 0 Å². The lowest BCUT2D eigenvalue weighted by Gasteiger charge is -2.23. The molecule has 2 fully saturated rings. The summed E-state index contributed by atoms with van der Waals surface area (Å²) in [5.41, 5.74) is 0.295. The molecule has 3 rings (SSSR count). The number of nitrogens with one attached hydrogen (secondary N) is 2. The van der Waals surface area contributed by atoms with E-state index in [9.17, 15) is 4.79 Å². The average Bonchev–Trinajstić information content (AvgIpc) is 3.34. The Bertz CT molecular complexity index is 583. The average molecular weight is 385 g/mol. The molecule has 7 heteroatoms. The van der Waals surface area contributed by atoms with E-state index in [0.717, 1.165) is 38.8 Å². The summed E-state index contributed by atoms with van der Waals surface area (Å²) in [6.07, 6.45) is 4.09. The molecule has 6 nitrogen and oxygen atoms in total. The lowest BCUT2D eigenvalue weighted by atomic mass is 9.92. The minimum Gasteiger partial charge on any atom is -0.496 e. The second-order valence-electron chi connectivity index (χ2n) is 6.91. The van der Waals surface area contributed by atoms with Crippen LogP contribution in [0.2, 0.25) is 0 Å². The van der Waals surface area contributed by atoms with Crippen molar-refractivity contribution in [3.63, 3.8) is 0 Å². The van der Waals surface area contributed by atoms with E-state index in [4.69, 9.17) is 14.2 Å². The predicted octanol–water partition coefficient (Wildman–Crippen LogP) is 2.40. The largest absolute Gasteiger partial charge is 0.496 e. The van der Waals surface area contributed by atoms with Crippen molar-refractivity contribution < 1.29 is 19.0 Å². The van der Waals surface area contributed by atoms with Gasteiger partial charge in [0.15, 0.2) is 0 Å². The third-order valence-corrected chi connectivity index (χ3v) is 5.32. The van der Waals surface area contributed by atoms with Gasteiger partial charge in [0.2, 0.25) is 5.91 Å². The van der Waals surface area contributed by atoms with Crippen molar-refractivity contribution in [3.05, 3.63) is 18.2 Å². The van der Waals surface area contributed by atoms with Gasteiger partial charge in [0.25, 0.3) is 0 Å². The van der Waals surface area contributed by atoms with Gasteiger partial charge in [-0.1, -0.05) is 0 Å². The van der Waals surface area contributed by atoms with Crippen LogP contribution in [-0.4, -0.2) is 46.4 Å². The zero-order valence-corrected chi connectivity index (χ0v) is 16.3. The van der Waals surface area contributed by atoms with E-state index < -0.39 is 0 Å². The summed E-state index contributed by atoms with van der Waals surface area (Å²) in [6, 6.07) is 5.46. The summed E-state index contributed by atoms with van der Waals surface area (Å²) in [7, 11) is 3.22. The quantitative estimate of drug-likeness (QED) is 0.673. The molecule has 1 saturated carbocycles. The summed E-state index contributed by atoms with van der Waals surface area (Å²) in [5.74, 6) is 2.54. The monoisotopic (exact) mass is 384 g/mol. The van der Waals surface area contributed by atoms with Gasteiger partial charge in [-0.25, -0.2) is 0 Å². The molecule has 0 bridgehead atoms. The SMILES string of the molecule is COc1cc(OC)cc(OCCCNC(=O)C2CC23CCNCC3)c1.Cl. The van der Waals surface area contributed by atoms with Crippen LogP contribution in [0.1, 0.15) is 25.7 Å². The van der Waals surface area contributed by atoms with Crippen molar-refractivity contribution in [1.29, 1.82) is 0 Å². The number of hydrogen-bond acceptors (Lipinski definition) is 5. The third-order valence-electron chi connectivity index (χ3n) is 5.32. The van der Waals surface area contributed by atoms with Crippen molar-refractivity contribution in [2.24, 2.45) is 11.3 Å². The fraction of sp³-hybridized carbons (Fsp3) is 0.632. The van der Waals surface area contributed by atoms with Crippen LogP contribution in [0.25, 0.3) is 0 Å². The molecule has 2 aliphatic rings. The summed E-state index contributed by atoms with van der Waals surface area (Å²) in [5, 5.41) is 6.42. The molecule has 1 atom stereocenters. The van der Waals surface area contributed by atoms with Crippen molar-refractivity contribution in [3.8, 4) is 17.2 Å². The molecule has 1 amide bonds. The van der Waals surface area contributed by atoms with Gasteiger partial charge in [0, 0.05) is 30.7 Å². The van der Waals surface area contributed by atoms with E-state index in [-0.39, 0.29) is 24.2 Å². The maximum atomic E-state index is 12.3. The fourth-order valence-corrected chi connectivity index (χ4v) is 3.66. The van der Waals surface area contributed by atoms with Crippen molar-refractivity contribution in [1.82, 2.24) is 10.6 Å². The second-order valence-corrected chi connectivity index (χ2v) is 6.91. The van der Waals surface area contributed by atoms with Crippen LogP contribution in [0.3, 0.4) is 0 Å². The molecule has 1 spiro atoms. The van der Waals surface area contributed by atoms with Gasteiger partial charge in [-0.05, 0) is 44.2 Å². The van der Waals surface area contributed by atoms with E-state index in [2.05, 4.69) is 10.6 Å². The minimum absolute atomic E-state index is 0. The summed E-state index contributed by atoms with van der Waals surface area (Å²) >= 11 is 0. The lowest BCUT2D eigenvalue weighted by Crippen LogP contribution is -2.34. The zero-order chi connectivity index (χ0) is 17.7. The number of piperidine rings is 1. The predicted molar refractivity (Wildman–Crippen MR) is 103 cm³/mol. The van der Waals surface area contributed by atoms with Crippen LogP contribution in [0, 0.1) is 11.3 Å². The van der Waals surface area contributed by atoms with Gasteiger partial charge >= 0.3 is 0 Å². The maximum Gasteiger partial charge on any atom is 0.223 e. The Morgan fingerprint density at radius 2 is 1.77 bits per heavy atom. The first kappa shape index (κ1) is 20.6. The Hall–Kier alpha value is -1.66. The number of hydrogen-bond donors (Lipinski definition) is 2. The highest BCUT2D eigenvalue weighted by Gasteiger charge is 2.57. The Morgan fingerprint density at radius 3 is 2.38 bits per heavy atom. The van der Waals surface area contributed by atoms with E-state index in [1.54, 1.807) is 20.3 Å². The van der Waals surface area contributed by atoms with Gasteiger partial charge in [0.05, 0.1) is 20.8 Å². The number of ether oxygens (including phenoxy) is 3. The number of carbonyl (C=O) groups excluding carboxylic acids is 1. The highest BCUT2D eigenvalue weighted by atomic mass is 35.5. The Morgan fingerprint density at radius 1 is 1.15 bits per heavy atom. The van der Waals surface area contributed by atoms with Gasteiger partial charge < -0.3 is 24.8 Å². The Kier molecular flexibility index (Phi) is 7.41. The third kappa shape index (κ3) is 4.95. The Balaban J connectivity index is 0.00000243. The first-order valence-corrected chi connectivity index (χ1v) is 9.01. The molecule has 1 aliphatic heterocycles. The summed E-state index contributed by atoms with van der Waals surface area (Å²) in [6.45, 7) is 3.27. The van der Waals surface area contributed by atoms with E-state index in [0.29, 0.717) is 35.8 Å². The minimum atomic E-state index is 0. The summed E-state index contributed by atoms with van der Waals surface area (Å²) < 4.78 is 16.2. The highest BCUT2D eigenvalue weighted by Crippen LogP contribution is 2.58. The van der Waals surface area contributed by atoms with Gasteiger partial charge in [0.1, 0.15) is 17.2 Å². The van der Waals surface area contributed by atoms with Crippen LogP contribution < -0.4 is 24.8 Å². The molecule has 1 aromatic rings. The number of rotatable bonds is 8. The number of methoxy groups -OCH3 is 2. The Labute approximate surface area is 161 Å². The first-order valence-electron chi connectivity index (χ1n) is 9.01. The topological polar surface area (TPSA) is 68.8 Å². The maximum absolute atomic E-state index is 12.3. The smallest absolute Gasteiger partial charge is 0.223 e. The molecule has 1 saturated heterocycles. The van der Waals surface area contributed by atoms with Crippen molar-refractivity contribution in [2.45, 2.75) is 25.7 Å². The number of amides is 1. The van der Waals surface area contributed by atoms with Crippen LogP contribution in [0.5, 0.6) is 17.2 Å². The van der Waals surface area contributed by atoms with Crippen LogP contribution in [0.15, 0.2) is 18.2 Å². The molecule has 1 unspecified atom stereocenters. The molecular weight excluding hydrogens is 356 g/mol. The van der Waals surface area contributed by atoms with E-state index in [1.807, 2.05) is 12.1 Å². The molecule has 0 aromatic heterocycles. The van der Waals surface area contributed by atoms with Crippen LogP contribution in [-0.2, 0) is 4.79 Å². The second kappa shape index (κ2) is 9.33. The number of halogens is 1. The lowest BCUT2D eigenvalue weighted by molar-refractivity contribution is -0.123. The molecular formula is C19H29ClN2O4. The van der Waals surface area contributed by atoms with E-state index in [1.165, 1.54) is 0 Å². The number of benzene rings is 1. The fourth-order valence-electron chi connectivity index (χ4n) is 3.66. The summed E-state index contributed by atoms with van der Waals surface area (Å²) in [4.78, 5) is 12.3.